The molecule has 2 fully saturated rings. The van der Waals surface area contributed by atoms with Crippen LogP contribution in [0.15, 0.2) is 18.2 Å². The molecular formula is C16H19FN4O. The van der Waals surface area contributed by atoms with Gasteiger partial charge >= 0.3 is 6.03 Å². The van der Waals surface area contributed by atoms with E-state index >= 15 is 0 Å². The minimum Gasteiger partial charge on any atom is -0.335 e. The number of urea groups is 1. The van der Waals surface area contributed by atoms with Crippen molar-refractivity contribution in [3.63, 3.8) is 0 Å². The van der Waals surface area contributed by atoms with Gasteiger partial charge in [0.25, 0.3) is 0 Å². The molecule has 3 rings (SSSR count). The van der Waals surface area contributed by atoms with Gasteiger partial charge in [-0.3, -0.25) is 0 Å². The first-order valence-corrected chi connectivity index (χ1v) is 7.63. The monoisotopic (exact) mass is 302 g/mol. The molecule has 0 aromatic heterocycles. The fraction of sp³-hybridized carbons (Fsp3) is 0.500. The predicted molar refractivity (Wildman–Crippen MR) is 80.8 cm³/mol. The van der Waals surface area contributed by atoms with Gasteiger partial charge in [-0.2, -0.15) is 5.26 Å². The van der Waals surface area contributed by atoms with E-state index in [1.54, 1.807) is 6.07 Å². The molecular weight excluding hydrogens is 283 g/mol. The highest BCUT2D eigenvalue weighted by Gasteiger charge is 2.34. The molecule has 2 amide bonds. The van der Waals surface area contributed by atoms with Gasteiger partial charge in [0.1, 0.15) is 11.9 Å². The lowest BCUT2D eigenvalue weighted by Gasteiger charge is -2.31. The summed E-state index contributed by atoms with van der Waals surface area (Å²) >= 11 is 0. The number of nitrogens with one attached hydrogen (secondary N) is 3. The zero-order valence-corrected chi connectivity index (χ0v) is 12.2. The highest BCUT2D eigenvalue weighted by atomic mass is 19.1. The maximum Gasteiger partial charge on any atom is 0.319 e. The van der Waals surface area contributed by atoms with Gasteiger partial charge in [0.05, 0.1) is 5.56 Å². The second-order valence-corrected chi connectivity index (χ2v) is 6.09. The van der Waals surface area contributed by atoms with Gasteiger partial charge in [-0.15, -0.1) is 0 Å². The third-order valence-corrected chi connectivity index (χ3v) is 4.63. The molecule has 1 saturated heterocycles. The normalized spacial score (nSPS) is 26.8. The summed E-state index contributed by atoms with van der Waals surface area (Å²) in [6, 6.07) is 5.61. The molecule has 3 atom stereocenters. The van der Waals surface area contributed by atoms with Crippen molar-refractivity contribution in [3.05, 3.63) is 29.6 Å². The van der Waals surface area contributed by atoms with Crippen molar-refractivity contribution in [3.8, 4) is 6.07 Å². The summed E-state index contributed by atoms with van der Waals surface area (Å²) in [6.07, 6.45) is 3.12. The summed E-state index contributed by atoms with van der Waals surface area (Å²) in [4.78, 5) is 12.0. The topological polar surface area (TPSA) is 77.0 Å². The first-order chi connectivity index (χ1) is 10.7. The quantitative estimate of drug-likeness (QED) is 0.784. The van der Waals surface area contributed by atoms with Crippen LogP contribution >= 0.6 is 0 Å². The van der Waals surface area contributed by atoms with Gasteiger partial charge in [-0.05, 0) is 62.4 Å². The lowest BCUT2D eigenvalue weighted by atomic mass is 9.79. The summed E-state index contributed by atoms with van der Waals surface area (Å²) in [5.74, 6) is 0.812. The van der Waals surface area contributed by atoms with Crippen molar-refractivity contribution in [1.82, 2.24) is 10.6 Å². The van der Waals surface area contributed by atoms with E-state index in [1.165, 1.54) is 18.2 Å². The maximum atomic E-state index is 13.2. The zero-order chi connectivity index (χ0) is 15.5. The van der Waals surface area contributed by atoms with E-state index in [1.807, 2.05) is 0 Å². The van der Waals surface area contributed by atoms with Gasteiger partial charge in [-0.25, -0.2) is 9.18 Å². The summed E-state index contributed by atoms with van der Waals surface area (Å²) in [6.45, 7) is 2.13. The Kier molecular flexibility index (Phi) is 4.25. The van der Waals surface area contributed by atoms with Crippen molar-refractivity contribution >= 4 is 11.7 Å². The Labute approximate surface area is 128 Å². The van der Waals surface area contributed by atoms with Crippen molar-refractivity contribution < 1.29 is 9.18 Å². The molecule has 6 heteroatoms. The highest BCUT2D eigenvalue weighted by Crippen LogP contribution is 2.32. The summed E-state index contributed by atoms with van der Waals surface area (Å²) in [5, 5.41) is 17.8. The molecule has 3 unspecified atom stereocenters. The van der Waals surface area contributed by atoms with Gasteiger partial charge < -0.3 is 16.0 Å². The number of nitriles is 1. The van der Waals surface area contributed by atoms with E-state index < -0.39 is 5.82 Å². The summed E-state index contributed by atoms with van der Waals surface area (Å²) in [7, 11) is 0. The van der Waals surface area contributed by atoms with Crippen LogP contribution in [-0.4, -0.2) is 25.2 Å². The predicted octanol–water partition coefficient (Wildman–Crippen LogP) is 2.21. The number of carbonyl (C=O) groups excluding carboxylic acids is 1. The smallest absolute Gasteiger partial charge is 0.319 e. The summed E-state index contributed by atoms with van der Waals surface area (Å²) in [5.41, 5.74) is 0.349. The van der Waals surface area contributed by atoms with Crippen LogP contribution in [0.1, 0.15) is 24.8 Å². The average Bonchev–Trinajstić information content (AvgIpc) is 2.96. The second-order valence-electron chi connectivity index (χ2n) is 6.09. The fourth-order valence-corrected chi connectivity index (χ4v) is 3.47. The third-order valence-electron chi connectivity index (χ3n) is 4.63. The molecule has 0 spiro atoms. The number of hydrogen-bond donors (Lipinski definition) is 3. The molecule has 1 saturated carbocycles. The number of nitrogens with zero attached hydrogens (tertiary/aromatic N) is 1. The molecule has 1 aromatic carbocycles. The van der Waals surface area contributed by atoms with Crippen LogP contribution in [0.4, 0.5) is 14.9 Å². The molecule has 2 aliphatic rings. The Morgan fingerprint density at radius 2 is 2.14 bits per heavy atom. The van der Waals surface area contributed by atoms with Crippen molar-refractivity contribution in [2.45, 2.75) is 25.3 Å². The number of amides is 2. The minimum atomic E-state index is -0.583. The number of benzene rings is 1. The molecule has 0 bridgehead atoms. The molecule has 1 aliphatic heterocycles. The molecule has 22 heavy (non-hydrogen) atoms. The summed E-state index contributed by atoms with van der Waals surface area (Å²) < 4.78 is 13.2. The zero-order valence-electron chi connectivity index (χ0n) is 12.2. The van der Waals surface area contributed by atoms with Gasteiger partial charge in [-0.1, -0.05) is 0 Å². The van der Waals surface area contributed by atoms with Crippen LogP contribution in [0.2, 0.25) is 0 Å². The standard InChI is InChI=1S/C16H19FN4O/c17-15-4-3-14(5-11(15)7-18)21-16(22)20-13-2-1-10-8-19-9-12(10)6-13/h3-5,10,12-13,19H,1-2,6,8-9H2,(H2,20,21,22). The molecule has 116 valence electrons. The Bertz CT molecular complexity index is 613. The van der Waals surface area contributed by atoms with Gasteiger partial charge in [0.15, 0.2) is 0 Å². The van der Waals surface area contributed by atoms with E-state index in [-0.39, 0.29) is 17.6 Å². The van der Waals surface area contributed by atoms with Crippen LogP contribution in [0, 0.1) is 29.0 Å². The Morgan fingerprint density at radius 3 is 2.95 bits per heavy atom. The Hall–Kier alpha value is -2.13. The Morgan fingerprint density at radius 1 is 1.32 bits per heavy atom. The molecule has 3 N–H and O–H groups in total. The molecule has 1 aromatic rings. The number of halogens is 1. The maximum absolute atomic E-state index is 13.2. The number of hydrogen-bond acceptors (Lipinski definition) is 3. The van der Waals surface area contributed by atoms with E-state index in [9.17, 15) is 9.18 Å². The van der Waals surface area contributed by atoms with E-state index in [4.69, 9.17) is 5.26 Å². The minimum absolute atomic E-state index is 0.0738. The first-order valence-electron chi connectivity index (χ1n) is 7.63. The molecule has 5 nitrogen and oxygen atoms in total. The van der Waals surface area contributed by atoms with Crippen LogP contribution in [0.5, 0.6) is 0 Å². The lowest BCUT2D eigenvalue weighted by Crippen LogP contribution is -2.42. The Balaban J connectivity index is 1.55. The van der Waals surface area contributed by atoms with Gasteiger partial charge in [0.2, 0.25) is 0 Å². The first kappa shape index (κ1) is 14.8. The van der Waals surface area contributed by atoms with Crippen molar-refractivity contribution in [1.29, 1.82) is 5.26 Å². The van der Waals surface area contributed by atoms with Crippen molar-refractivity contribution in [2.24, 2.45) is 11.8 Å². The molecule has 1 heterocycles. The number of carbonyl (C=O) groups is 1. The third kappa shape index (κ3) is 3.20. The molecule has 0 radical (unpaired) electrons. The lowest BCUT2D eigenvalue weighted by molar-refractivity contribution is 0.224. The number of anilines is 1. The van der Waals surface area contributed by atoms with Crippen LogP contribution in [-0.2, 0) is 0 Å². The molecule has 1 aliphatic carbocycles. The van der Waals surface area contributed by atoms with Gasteiger partial charge in [0, 0.05) is 11.7 Å². The van der Waals surface area contributed by atoms with Crippen LogP contribution in [0.3, 0.4) is 0 Å². The second kappa shape index (κ2) is 6.32. The number of fused-ring (bicyclic) bond motifs is 1. The average molecular weight is 302 g/mol. The van der Waals surface area contributed by atoms with Crippen molar-refractivity contribution in [2.75, 3.05) is 18.4 Å². The fourth-order valence-electron chi connectivity index (χ4n) is 3.47. The highest BCUT2D eigenvalue weighted by molar-refractivity contribution is 5.89. The van der Waals surface area contributed by atoms with Crippen LogP contribution in [0.25, 0.3) is 0 Å². The van der Waals surface area contributed by atoms with E-state index in [2.05, 4.69) is 16.0 Å². The number of rotatable bonds is 2. The van der Waals surface area contributed by atoms with E-state index in [0.29, 0.717) is 11.6 Å². The SMILES string of the molecule is N#Cc1cc(NC(=O)NC2CCC3CNCC3C2)ccc1F. The van der Waals surface area contributed by atoms with Crippen LogP contribution < -0.4 is 16.0 Å². The van der Waals surface area contributed by atoms with E-state index in [0.717, 1.165) is 38.3 Å². The largest absolute Gasteiger partial charge is 0.335 e.